The van der Waals surface area contributed by atoms with Crippen LogP contribution in [0.3, 0.4) is 0 Å². The zero-order valence-corrected chi connectivity index (χ0v) is 13.8. The average Bonchev–Trinajstić information content (AvgIpc) is 2.25. The second-order valence-corrected chi connectivity index (χ2v) is 6.20. The molecule has 0 spiro atoms. The number of nitrogens with zero attached hydrogens (tertiary/aromatic N) is 1. The quantitative estimate of drug-likeness (QED) is 0.623. The molecule has 0 saturated heterocycles. The predicted octanol–water partition coefficient (Wildman–Crippen LogP) is 3.37. The van der Waals surface area contributed by atoms with Crippen molar-refractivity contribution in [2.24, 2.45) is 0 Å². The van der Waals surface area contributed by atoms with Crippen molar-refractivity contribution in [3.8, 4) is 5.75 Å². The Morgan fingerprint density at radius 2 is 1.83 bits per heavy atom. The van der Waals surface area contributed by atoms with E-state index in [1.54, 1.807) is 0 Å². The van der Waals surface area contributed by atoms with E-state index in [9.17, 15) is 0 Å². The number of nitrogen functional groups attached to an aromatic ring is 1. The van der Waals surface area contributed by atoms with E-state index < -0.39 is 0 Å². The second-order valence-electron chi connectivity index (χ2n) is 4.96. The van der Waals surface area contributed by atoms with Crippen LogP contribution in [0.5, 0.6) is 5.75 Å². The fourth-order valence-electron chi connectivity index (χ4n) is 2.02. The summed E-state index contributed by atoms with van der Waals surface area (Å²) in [6.45, 7) is 10.4. The van der Waals surface area contributed by atoms with Crippen molar-refractivity contribution in [2.45, 2.75) is 39.8 Å². The van der Waals surface area contributed by atoms with Crippen LogP contribution < -0.4 is 10.5 Å². The molecule has 1 aromatic rings. The molecule has 0 aliphatic rings. The lowest BCUT2D eigenvalue weighted by Gasteiger charge is -2.30. The Hall–Kier alpha value is -0.490. The normalized spacial score (nSPS) is 11.6. The second kappa shape index (κ2) is 7.19. The highest BCUT2D eigenvalue weighted by molar-refractivity contribution is 14.1. The number of benzene rings is 1. The Bertz CT molecular complexity index is 372. The molecule has 0 saturated carbocycles. The molecule has 0 atom stereocenters. The molecule has 0 amide bonds. The molecule has 3 nitrogen and oxygen atoms in total. The Morgan fingerprint density at radius 1 is 1.22 bits per heavy atom. The molecular weight excluding hydrogens is 339 g/mol. The highest BCUT2D eigenvalue weighted by Gasteiger charge is 2.13. The van der Waals surface area contributed by atoms with Crippen molar-refractivity contribution in [2.75, 3.05) is 18.9 Å². The van der Waals surface area contributed by atoms with Gasteiger partial charge in [-0.3, -0.25) is 4.90 Å². The minimum absolute atomic E-state index is 0.530. The summed E-state index contributed by atoms with van der Waals surface area (Å²) in [5, 5.41) is 0. The highest BCUT2D eigenvalue weighted by atomic mass is 127. The van der Waals surface area contributed by atoms with Crippen LogP contribution in [0.1, 0.15) is 27.7 Å². The molecule has 102 valence electrons. The van der Waals surface area contributed by atoms with E-state index in [1.165, 1.54) is 0 Å². The van der Waals surface area contributed by atoms with E-state index in [-0.39, 0.29) is 0 Å². The van der Waals surface area contributed by atoms with Crippen LogP contribution in [0.2, 0.25) is 0 Å². The summed E-state index contributed by atoms with van der Waals surface area (Å²) >= 11 is 2.24. The van der Waals surface area contributed by atoms with E-state index >= 15 is 0 Å². The molecule has 2 N–H and O–H groups in total. The lowest BCUT2D eigenvalue weighted by atomic mass is 10.2. The third-order valence-electron chi connectivity index (χ3n) is 2.91. The summed E-state index contributed by atoms with van der Waals surface area (Å²) in [4.78, 5) is 2.41. The summed E-state index contributed by atoms with van der Waals surface area (Å²) in [7, 11) is 0. The minimum atomic E-state index is 0.530. The van der Waals surface area contributed by atoms with Crippen LogP contribution in [0.4, 0.5) is 5.69 Å². The zero-order valence-electron chi connectivity index (χ0n) is 11.6. The molecular formula is C14H23IN2O. The standard InChI is InChI=1S/C14H23IN2O/c1-10(2)17(11(3)4)7-8-18-14-6-5-12(15)9-13(14)16/h5-6,9-11H,7-8,16H2,1-4H3. The first-order valence-electron chi connectivity index (χ1n) is 6.35. The van der Waals surface area contributed by atoms with Gasteiger partial charge in [0.1, 0.15) is 12.4 Å². The van der Waals surface area contributed by atoms with Gasteiger partial charge in [-0.05, 0) is 68.5 Å². The fourth-order valence-corrected chi connectivity index (χ4v) is 2.54. The summed E-state index contributed by atoms with van der Waals surface area (Å²) in [6.07, 6.45) is 0. The number of nitrogens with two attached hydrogens (primary N) is 1. The van der Waals surface area contributed by atoms with Gasteiger partial charge in [0.2, 0.25) is 0 Å². The van der Waals surface area contributed by atoms with E-state index in [1.807, 2.05) is 18.2 Å². The van der Waals surface area contributed by atoms with Crippen LogP contribution in [0, 0.1) is 3.57 Å². The van der Waals surface area contributed by atoms with Gasteiger partial charge in [0.15, 0.2) is 0 Å². The van der Waals surface area contributed by atoms with Gasteiger partial charge in [0, 0.05) is 22.2 Å². The van der Waals surface area contributed by atoms with Gasteiger partial charge < -0.3 is 10.5 Å². The molecule has 0 heterocycles. The molecule has 0 bridgehead atoms. The summed E-state index contributed by atoms with van der Waals surface area (Å²) in [5.41, 5.74) is 6.63. The van der Waals surface area contributed by atoms with E-state index in [0.29, 0.717) is 24.4 Å². The van der Waals surface area contributed by atoms with Crippen molar-refractivity contribution in [1.29, 1.82) is 0 Å². The van der Waals surface area contributed by atoms with Crippen molar-refractivity contribution in [3.63, 3.8) is 0 Å². The monoisotopic (exact) mass is 362 g/mol. The lowest BCUT2D eigenvalue weighted by Crippen LogP contribution is -2.39. The van der Waals surface area contributed by atoms with Gasteiger partial charge in [-0.2, -0.15) is 0 Å². The van der Waals surface area contributed by atoms with E-state index in [2.05, 4.69) is 55.2 Å². The molecule has 0 unspecified atom stereocenters. The molecule has 0 aliphatic carbocycles. The smallest absolute Gasteiger partial charge is 0.142 e. The third-order valence-corrected chi connectivity index (χ3v) is 3.58. The summed E-state index contributed by atoms with van der Waals surface area (Å²) in [5.74, 6) is 0.780. The molecule has 4 heteroatoms. The SMILES string of the molecule is CC(C)N(CCOc1ccc(I)cc1N)C(C)C. The van der Waals surface area contributed by atoms with Gasteiger partial charge in [0.25, 0.3) is 0 Å². The number of hydrogen-bond acceptors (Lipinski definition) is 3. The first-order chi connectivity index (χ1) is 8.41. The van der Waals surface area contributed by atoms with Crippen LogP contribution in [-0.2, 0) is 0 Å². The van der Waals surface area contributed by atoms with Crippen LogP contribution in [0.25, 0.3) is 0 Å². The average molecular weight is 362 g/mol. The van der Waals surface area contributed by atoms with Gasteiger partial charge in [-0.25, -0.2) is 0 Å². The summed E-state index contributed by atoms with van der Waals surface area (Å²) in [6, 6.07) is 6.94. The maximum absolute atomic E-state index is 5.91. The lowest BCUT2D eigenvalue weighted by molar-refractivity contribution is 0.142. The number of halogens is 1. The molecule has 0 aromatic heterocycles. The van der Waals surface area contributed by atoms with Crippen LogP contribution >= 0.6 is 22.6 Å². The first kappa shape index (κ1) is 15.6. The largest absolute Gasteiger partial charge is 0.490 e. The van der Waals surface area contributed by atoms with Gasteiger partial charge in [0.05, 0.1) is 5.69 Å². The number of anilines is 1. The molecule has 1 aromatic carbocycles. The van der Waals surface area contributed by atoms with Gasteiger partial charge in [-0.1, -0.05) is 0 Å². The maximum atomic E-state index is 5.91. The topological polar surface area (TPSA) is 38.5 Å². The number of hydrogen-bond donors (Lipinski definition) is 1. The van der Waals surface area contributed by atoms with E-state index in [4.69, 9.17) is 10.5 Å². The zero-order chi connectivity index (χ0) is 13.7. The Balaban J connectivity index is 2.50. The van der Waals surface area contributed by atoms with E-state index in [0.717, 1.165) is 15.9 Å². The number of rotatable bonds is 6. The molecule has 0 fully saturated rings. The van der Waals surface area contributed by atoms with Crippen molar-refractivity contribution in [1.82, 2.24) is 4.90 Å². The molecule has 0 aliphatic heterocycles. The fraction of sp³-hybridized carbons (Fsp3) is 0.571. The van der Waals surface area contributed by atoms with Crippen LogP contribution in [-0.4, -0.2) is 30.1 Å². The van der Waals surface area contributed by atoms with Crippen molar-refractivity contribution < 1.29 is 4.74 Å². The molecule has 0 radical (unpaired) electrons. The number of ether oxygens (including phenoxy) is 1. The first-order valence-corrected chi connectivity index (χ1v) is 7.43. The summed E-state index contributed by atoms with van der Waals surface area (Å²) < 4.78 is 6.88. The molecule has 18 heavy (non-hydrogen) atoms. The third kappa shape index (κ3) is 4.65. The highest BCUT2D eigenvalue weighted by Crippen LogP contribution is 2.23. The minimum Gasteiger partial charge on any atom is -0.490 e. The van der Waals surface area contributed by atoms with Gasteiger partial charge >= 0.3 is 0 Å². The Morgan fingerprint density at radius 3 is 2.33 bits per heavy atom. The molecule has 1 rings (SSSR count). The van der Waals surface area contributed by atoms with Crippen molar-refractivity contribution in [3.05, 3.63) is 21.8 Å². The van der Waals surface area contributed by atoms with Gasteiger partial charge in [-0.15, -0.1) is 0 Å². The maximum Gasteiger partial charge on any atom is 0.142 e. The Kier molecular flexibility index (Phi) is 6.21. The van der Waals surface area contributed by atoms with Crippen molar-refractivity contribution >= 4 is 28.3 Å². The predicted molar refractivity (Wildman–Crippen MR) is 86.0 cm³/mol. The van der Waals surface area contributed by atoms with Crippen LogP contribution in [0.15, 0.2) is 18.2 Å². The Labute approximate surface area is 124 Å².